The SMILES string of the molecule is CCOC(=O)c1ccc(N2CCN(C(c3ccccc3)c3ccccc3)CC2)nc1. The van der Waals surface area contributed by atoms with Crippen LogP contribution < -0.4 is 4.90 Å². The maximum atomic E-state index is 11.8. The molecule has 0 atom stereocenters. The Balaban J connectivity index is 1.46. The quantitative estimate of drug-likeness (QED) is 0.580. The van der Waals surface area contributed by atoms with Crippen molar-refractivity contribution >= 4 is 11.8 Å². The molecule has 0 N–H and O–H groups in total. The number of pyridine rings is 1. The van der Waals surface area contributed by atoms with E-state index in [1.807, 2.05) is 6.07 Å². The fraction of sp³-hybridized carbons (Fsp3) is 0.280. The topological polar surface area (TPSA) is 45.7 Å². The summed E-state index contributed by atoms with van der Waals surface area (Å²) < 4.78 is 5.04. The molecule has 154 valence electrons. The Morgan fingerprint density at radius 2 is 1.50 bits per heavy atom. The molecule has 4 rings (SSSR count). The van der Waals surface area contributed by atoms with Gasteiger partial charge in [0.2, 0.25) is 0 Å². The van der Waals surface area contributed by atoms with Crippen molar-refractivity contribution in [2.24, 2.45) is 0 Å². The van der Waals surface area contributed by atoms with Crippen LogP contribution in [-0.4, -0.2) is 48.6 Å². The molecule has 1 aromatic heterocycles. The van der Waals surface area contributed by atoms with Crippen LogP contribution in [0, 0.1) is 0 Å². The Labute approximate surface area is 177 Å². The van der Waals surface area contributed by atoms with Crippen LogP contribution in [-0.2, 0) is 4.74 Å². The van der Waals surface area contributed by atoms with Crippen molar-refractivity contribution in [2.45, 2.75) is 13.0 Å². The molecule has 30 heavy (non-hydrogen) atoms. The van der Waals surface area contributed by atoms with E-state index in [4.69, 9.17) is 4.74 Å². The van der Waals surface area contributed by atoms with Crippen molar-refractivity contribution in [1.29, 1.82) is 0 Å². The molecule has 1 aliphatic rings. The van der Waals surface area contributed by atoms with E-state index in [0.29, 0.717) is 12.2 Å². The molecule has 5 heteroatoms. The van der Waals surface area contributed by atoms with Crippen molar-refractivity contribution in [1.82, 2.24) is 9.88 Å². The monoisotopic (exact) mass is 401 g/mol. The van der Waals surface area contributed by atoms with Crippen molar-refractivity contribution in [3.05, 3.63) is 95.7 Å². The number of anilines is 1. The van der Waals surface area contributed by atoms with Gasteiger partial charge in [-0.25, -0.2) is 9.78 Å². The Hall–Kier alpha value is -3.18. The molecule has 0 unspecified atom stereocenters. The predicted molar refractivity (Wildman–Crippen MR) is 119 cm³/mol. The Morgan fingerprint density at radius 3 is 2.00 bits per heavy atom. The lowest BCUT2D eigenvalue weighted by atomic mass is 9.96. The summed E-state index contributed by atoms with van der Waals surface area (Å²) in [6, 6.07) is 25.3. The average molecular weight is 402 g/mol. The number of hydrogen-bond acceptors (Lipinski definition) is 5. The Morgan fingerprint density at radius 1 is 0.900 bits per heavy atom. The Kier molecular flexibility index (Phi) is 6.40. The van der Waals surface area contributed by atoms with Gasteiger partial charge in [0.15, 0.2) is 0 Å². The standard InChI is InChI=1S/C25H27N3O2/c1-2-30-25(29)22-13-14-23(26-19-22)27-15-17-28(18-16-27)24(20-9-5-3-6-10-20)21-11-7-4-8-12-21/h3-14,19,24H,2,15-18H2,1H3. The van der Waals surface area contributed by atoms with E-state index in [2.05, 4.69) is 75.4 Å². The lowest BCUT2D eigenvalue weighted by Gasteiger charge is -2.40. The van der Waals surface area contributed by atoms with Gasteiger partial charge in [0.25, 0.3) is 0 Å². The summed E-state index contributed by atoms with van der Waals surface area (Å²) in [5.41, 5.74) is 3.12. The third kappa shape index (κ3) is 4.52. The Bertz CT molecular complexity index is 898. The first-order valence-electron chi connectivity index (χ1n) is 10.5. The third-order valence-electron chi connectivity index (χ3n) is 5.49. The van der Waals surface area contributed by atoms with Crippen molar-refractivity contribution < 1.29 is 9.53 Å². The van der Waals surface area contributed by atoms with Crippen LogP contribution in [0.3, 0.4) is 0 Å². The fourth-order valence-electron chi connectivity index (χ4n) is 4.00. The molecule has 0 aliphatic carbocycles. The highest BCUT2D eigenvalue weighted by molar-refractivity contribution is 5.89. The maximum absolute atomic E-state index is 11.8. The summed E-state index contributed by atoms with van der Waals surface area (Å²) in [5, 5.41) is 0. The zero-order valence-electron chi connectivity index (χ0n) is 17.3. The normalized spacial score (nSPS) is 14.7. The molecule has 3 aromatic rings. The van der Waals surface area contributed by atoms with E-state index in [1.54, 1.807) is 19.2 Å². The van der Waals surface area contributed by atoms with Crippen LogP contribution in [0.5, 0.6) is 0 Å². The second-order valence-corrected chi connectivity index (χ2v) is 7.37. The lowest BCUT2D eigenvalue weighted by molar-refractivity contribution is 0.0526. The molecule has 1 aliphatic heterocycles. The van der Waals surface area contributed by atoms with Gasteiger partial charge < -0.3 is 9.64 Å². The minimum atomic E-state index is -0.324. The number of carbonyl (C=O) groups is 1. The first-order valence-corrected chi connectivity index (χ1v) is 10.5. The highest BCUT2D eigenvalue weighted by Gasteiger charge is 2.26. The summed E-state index contributed by atoms with van der Waals surface area (Å²) in [5.74, 6) is 0.577. The number of piperazine rings is 1. The van der Waals surface area contributed by atoms with E-state index in [1.165, 1.54) is 11.1 Å². The highest BCUT2D eigenvalue weighted by atomic mass is 16.5. The van der Waals surface area contributed by atoms with Gasteiger partial charge in [-0.1, -0.05) is 60.7 Å². The van der Waals surface area contributed by atoms with Crippen LogP contribution in [0.2, 0.25) is 0 Å². The molecule has 0 bridgehead atoms. The second-order valence-electron chi connectivity index (χ2n) is 7.37. The minimum Gasteiger partial charge on any atom is -0.462 e. The number of esters is 1. The molecule has 0 radical (unpaired) electrons. The van der Waals surface area contributed by atoms with E-state index >= 15 is 0 Å². The molecular formula is C25H27N3O2. The third-order valence-corrected chi connectivity index (χ3v) is 5.49. The molecule has 1 fully saturated rings. The van der Waals surface area contributed by atoms with Crippen LogP contribution in [0.25, 0.3) is 0 Å². The zero-order chi connectivity index (χ0) is 20.8. The number of benzene rings is 2. The zero-order valence-corrected chi connectivity index (χ0v) is 17.3. The van der Waals surface area contributed by atoms with Crippen molar-refractivity contribution in [3.8, 4) is 0 Å². The molecule has 2 heterocycles. The minimum absolute atomic E-state index is 0.244. The van der Waals surface area contributed by atoms with Gasteiger partial charge in [-0.2, -0.15) is 0 Å². The summed E-state index contributed by atoms with van der Waals surface area (Å²) in [6.45, 7) is 5.83. The van der Waals surface area contributed by atoms with Gasteiger partial charge in [-0.05, 0) is 30.2 Å². The molecular weight excluding hydrogens is 374 g/mol. The summed E-state index contributed by atoms with van der Waals surface area (Å²) in [7, 11) is 0. The fourth-order valence-corrected chi connectivity index (χ4v) is 4.00. The van der Waals surface area contributed by atoms with Crippen LogP contribution in [0.4, 0.5) is 5.82 Å². The largest absolute Gasteiger partial charge is 0.462 e. The number of carbonyl (C=O) groups excluding carboxylic acids is 1. The smallest absolute Gasteiger partial charge is 0.339 e. The molecule has 1 saturated heterocycles. The number of nitrogens with zero attached hydrogens (tertiary/aromatic N) is 3. The first kappa shape index (κ1) is 20.1. The van der Waals surface area contributed by atoms with Gasteiger partial charge in [-0.3, -0.25) is 4.90 Å². The maximum Gasteiger partial charge on any atom is 0.339 e. The molecule has 0 spiro atoms. The van der Waals surface area contributed by atoms with Crippen LogP contribution in [0.1, 0.15) is 34.5 Å². The number of hydrogen-bond donors (Lipinski definition) is 0. The van der Waals surface area contributed by atoms with Crippen LogP contribution >= 0.6 is 0 Å². The molecule has 2 aromatic carbocycles. The first-order chi connectivity index (χ1) is 14.8. The van der Waals surface area contributed by atoms with E-state index in [9.17, 15) is 4.79 Å². The summed E-state index contributed by atoms with van der Waals surface area (Å²) in [4.78, 5) is 21.1. The van der Waals surface area contributed by atoms with Gasteiger partial charge >= 0.3 is 5.97 Å². The van der Waals surface area contributed by atoms with Crippen molar-refractivity contribution in [2.75, 3.05) is 37.7 Å². The second kappa shape index (κ2) is 9.55. The molecule has 5 nitrogen and oxygen atoms in total. The van der Waals surface area contributed by atoms with Crippen LogP contribution in [0.15, 0.2) is 79.0 Å². The lowest BCUT2D eigenvalue weighted by Crippen LogP contribution is -2.48. The van der Waals surface area contributed by atoms with Gasteiger partial charge in [-0.15, -0.1) is 0 Å². The number of rotatable bonds is 6. The summed E-state index contributed by atoms with van der Waals surface area (Å²) in [6.07, 6.45) is 1.61. The van der Waals surface area contributed by atoms with Crippen molar-refractivity contribution in [3.63, 3.8) is 0 Å². The molecule has 0 saturated carbocycles. The highest BCUT2D eigenvalue weighted by Crippen LogP contribution is 2.30. The van der Waals surface area contributed by atoms with E-state index in [-0.39, 0.29) is 12.0 Å². The van der Waals surface area contributed by atoms with E-state index < -0.39 is 0 Å². The van der Waals surface area contributed by atoms with E-state index in [0.717, 1.165) is 32.0 Å². The molecule has 0 amide bonds. The van der Waals surface area contributed by atoms with Gasteiger partial charge in [0.05, 0.1) is 18.2 Å². The predicted octanol–water partition coefficient (Wildman–Crippen LogP) is 4.17. The van der Waals surface area contributed by atoms with Gasteiger partial charge in [0.1, 0.15) is 5.82 Å². The van der Waals surface area contributed by atoms with Gasteiger partial charge in [0, 0.05) is 32.4 Å². The number of ether oxygens (including phenoxy) is 1. The summed E-state index contributed by atoms with van der Waals surface area (Å²) >= 11 is 0. The number of aromatic nitrogens is 1. The average Bonchev–Trinajstić information content (AvgIpc) is 2.81.